The van der Waals surface area contributed by atoms with Crippen LogP contribution >= 0.6 is 23.2 Å². The van der Waals surface area contributed by atoms with Gasteiger partial charge < -0.3 is 15.2 Å². The summed E-state index contributed by atoms with van der Waals surface area (Å²) in [5, 5.41) is 1.03. The van der Waals surface area contributed by atoms with Crippen LogP contribution in [0, 0.1) is 0 Å². The number of nitrogens with zero attached hydrogens (tertiary/aromatic N) is 1. The number of hydrogen-bond acceptors (Lipinski definition) is 4. The second kappa shape index (κ2) is 8.22. The van der Waals surface area contributed by atoms with Crippen LogP contribution in [0.15, 0.2) is 30.3 Å². The fourth-order valence-electron chi connectivity index (χ4n) is 1.94. The first-order valence-corrected chi connectivity index (χ1v) is 7.80. The van der Waals surface area contributed by atoms with Crippen molar-refractivity contribution in [2.45, 2.75) is 13.3 Å². The van der Waals surface area contributed by atoms with Gasteiger partial charge in [-0.15, -0.1) is 0 Å². The van der Waals surface area contributed by atoms with Crippen molar-refractivity contribution >= 4 is 29.0 Å². The van der Waals surface area contributed by atoms with E-state index in [2.05, 4.69) is 11.9 Å². The lowest BCUT2D eigenvalue weighted by Crippen LogP contribution is -2.07. The Labute approximate surface area is 140 Å². The smallest absolute Gasteiger partial charge is 0.127 e. The molecular formula is C16H18Cl2N2O2. The lowest BCUT2D eigenvalue weighted by atomic mass is 10.1. The van der Waals surface area contributed by atoms with Gasteiger partial charge in [0.1, 0.15) is 18.2 Å². The molecule has 0 aliphatic rings. The Morgan fingerprint density at radius 1 is 1.09 bits per heavy atom. The van der Waals surface area contributed by atoms with Gasteiger partial charge in [-0.05, 0) is 18.6 Å². The summed E-state index contributed by atoms with van der Waals surface area (Å²) in [5.74, 6) is 0.955. The molecule has 22 heavy (non-hydrogen) atoms. The summed E-state index contributed by atoms with van der Waals surface area (Å²) in [6, 6.07) is 8.72. The zero-order chi connectivity index (χ0) is 15.9. The van der Waals surface area contributed by atoms with Crippen molar-refractivity contribution in [3.8, 4) is 17.0 Å². The van der Waals surface area contributed by atoms with Crippen molar-refractivity contribution in [1.82, 2.24) is 4.98 Å². The molecular weight excluding hydrogens is 323 g/mol. The summed E-state index contributed by atoms with van der Waals surface area (Å²) < 4.78 is 11.0. The highest BCUT2D eigenvalue weighted by Crippen LogP contribution is 2.35. The number of ether oxygens (including phenoxy) is 2. The van der Waals surface area contributed by atoms with Gasteiger partial charge >= 0.3 is 0 Å². The summed E-state index contributed by atoms with van der Waals surface area (Å²) in [4.78, 5) is 4.28. The Morgan fingerprint density at radius 2 is 1.82 bits per heavy atom. The van der Waals surface area contributed by atoms with Gasteiger partial charge in [0.05, 0.1) is 22.3 Å². The van der Waals surface area contributed by atoms with Gasteiger partial charge in [-0.25, -0.2) is 4.98 Å². The van der Waals surface area contributed by atoms with Gasteiger partial charge in [0.25, 0.3) is 0 Å². The van der Waals surface area contributed by atoms with Crippen LogP contribution < -0.4 is 10.5 Å². The number of rotatable bonds is 7. The monoisotopic (exact) mass is 340 g/mol. The van der Waals surface area contributed by atoms with Crippen LogP contribution in [0.4, 0.5) is 5.82 Å². The number of benzene rings is 1. The number of nitrogen functional groups attached to an aromatic ring is 1. The molecule has 2 rings (SSSR count). The molecule has 0 amide bonds. The number of anilines is 1. The lowest BCUT2D eigenvalue weighted by molar-refractivity contribution is 0.101. The SMILES string of the molecule is CCCOCCOc1cc(N)nc(-c2c(Cl)cccc2Cl)c1. The lowest BCUT2D eigenvalue weighted by Gasteiger charge is -2.11. The Balaban J connectivity index is 2.17. The van der Waals surface area contributed by atoms with E-state index < -0.39 is 0 Å². The molecule has 0 bridgehead atoms. The van der Waals surface area contributed by atoms with E-state index in [9.17, 15) is 0 Å². The third-order valence-electron chi connectivity index (χ3n) is 2.88. The molecule has 1 aromatic carbocycles. The van der Waals surface area contributed by atoms with E-state index in [0.717, 1.165) is 13.0 Å². The normalized spacial score (nSPS) is 10.7. The van der Waals surface area contributed by atoms with Crippen molar-refractivity contribution in [3.63, 3.8) is 0 Å². The molecule has 6 heteroatoms. The van der Waals surface area contributed by atoms with Crippen LogP contribution in [0.3, 0.4) is 0 Å². The highest BCUT2D eigenvalue weighted by molar-refractivity contribution is 6.39. The van der Waals surface area contributed by atoms with Crippen molar-refractivity contribution in [3.05, 3.63) is 40.4 Å². The first kappa shape index (κ1) is 16.9. The first-order chi connectivity index (χ1) is 10.6. The predicted octanol–water partition coefficient (Wildman–Crippen LogP) is 4.44. The fourth-order valence-corrected chi connectivity index (χ4v) is 2.54. The quantitative estimate of drug-likeness (QED) is 0.756. The molecule has 2 N–H and O–H groups in total. The second-order valence-electron chi connectivity index (χ2n) is 4.67. The van der Waals surface area contributed by atoms with Gasteiger partial charge in [-0.1, -0.05) is 36.2 Å². The maximum absolute atomic E-state index is 6.20. The second-order valence-corrected chi connectivity index (χ2v) is 5.48. The minimum Gasteiger partial charge on any atom is -0.491 e. The molecule has 0 spiro atoms. The molecule has 0 atom stereocenters. The molecule has 1 heterocycles. The van der Waals surface area contributed by atoms with E-state index in [1.807, 2.05) is 0 Å². The molecule has 0 aliphatic carbocycles. The van der Waals surface area contributed by atoms with Crippen molar-refractivity contribution in [2.75, 3.05) is 25.6 Å². The highest BCUT2D eigenvalue weighted by atomic mass is 35.5. The summed E-state index contributed by atoms with van der Waals surface area (Å²) >= 11 is 12.4. The average molecular weight is 341 g/mol. The molecule has 0 saturated carbocycles. The molecule has 2 aromatic rings. The third kappa shape index (κ3) is 4.50. The Bertz CT molecular complexity index is 615. The molecule has 118 valence electrons. The van der Waals surface area contributed by atoms with E-state index in [1.165, 1.54) is 0 Å². The Morgan fingerprint density at radius 3 is 2.50 bits per heavy atom. The minimum absolute atomic E-state index is 0.345. The molecule has 0 unspecified atom stereocenters. The Kier molecular flexibility index (Phi) is 6.31. The predicted molar refractivity (Wildman–Crippen MR) is 90.7 cm³/mol. The van der Waals surface area contributed by atoms with E-state index in [1.54, 1.807) is 30.3 Å². The highest BCUT2D eigenvalue weighted by Gasteiger charge is 2.12. The Hall–Kier alpha value is -1.49. The minimum atomic E-state index is 0.345. The van der Waals surface area contributed by atoms with E-state index >= 15 is 0 Å². The van der Waals surface area contributed by atoms with E-state index in [0.29, 0.717) is 46.1 Å². The topological polar surface area (TPSA) is 57.4 Å². The number of hydrogen-bond donors (Lipinski definition) is 1. The van der Waals surface area contributed by atoms with E-state index in [4.69, 9.17) is 38.4 Å². The maximum Gasteiger partial charge on any atom is 0.127 e. The van der Waals surface area contributed by atoms with Crippen LogP contribution in [0.5, 0.6) is 5.75 Å². The van der Waals surface area contributed by atoms with Crippen molar-refractivity contribution < 1.29 is 9.47 Å². The van der Waals surface area contributed by atoms with Gasteiger partial charge in [0, 0.05) is 24.3 Å². The van der Waals surface area contributed by atoms with Gasteiger partial charge in [0.15, 0.2) is 0 Å². The number of aromatic nitrogens is 1. The largest absolute Gasteiger partial charge is 0.491 e. The van der Waals surface area contributed by atoms with Crippen molar-refractivity contribution in [2.24, 2.45) is 0 Å². The van der Waals surface area contributed by atoms with Crippen LogP contribution in [-0.4, -0.2) is 24.8 Å². The zero-order valence-electron chi connectivity index (χ0n) is 12.3. The van der Waals surface area contributed by atoms with Crippen LogP contribution in [0.25, 0.3) is 11.3 Å². The zero-order valence-corrected chi connectivity index (χ0v) is 13.8. The van der Waals surface area contributed by atoms with Gasteiger partial charge in [-0.2, -0.15) is 0 Å². The molecule has 4 nitrogen and oxygen atoms in total. The van der Waals surface area contributed by atoms with E-state index in [-0.39, 0.29) is 0 Å². The van der Waals surface area contributed by atoms with Gasteiger partial charge in [0.2, 0.25) is 0 Å². The molecule has 0 radical (unpaired) electrons. The fraction of sp³-hybridized carbons (Fsp3) is 0.312. The van der Waals surface area contributed by atoms with Crippen LogP contribution in [-0.2, 0) is 4.74 Å². The summed E-state index contributed by atoms with van der Waals surface area (Å²) in [6.45, 7) is 3.75. The number of halogens is 2. The maximum atomic E-state index is 6.20. The molecule has 0 aliphatic heterocycles. The standard InChI is InChI=1S/C16H18Cl2N2O2/c1-2-6-21-7-8-22-11-9-14(20-15(19)10-11)16-12(17)4-3-5-13(16)18/h3-5,9-10H,2,6-8H2,1H3,(H2,19,20). The van der Waals surface area contributed by atoms with Gasteiger partial charge in [-0.3, -0.25) is 0 Å². The van der Waals surface area contributed by atoms with Crippen molar-refractivity contribution in [1.29, 1.82) is 0 Å². The molecule has 1 aromatic heterocycles. The third-order valence-corrected chi connectivity index (χ3v) is 3.51. The average Bonchev–Trinajstić information content (AvgIpc) is 2.46. The molecule has 0 fully saturated rings. The first-order valence-electron chi connectivity index (χ1n) is 7.04. The summed E-state index contributed by atoms with van der Waals surface area (Å²) in [7, 11) is 0. The molecule has 0 saturated heterocycles. The van der Waals surface area contributed by atoms with Crippen LogP contribution in [0.1, 0.15) is 13.3 Å². The number of pyridine rings is 1. The summed E-state index contributed by atoms with van der Waals surface area (Å²) in [6.07, 6.45) is 0.983. The van der Waals surface area contributed by atoms with Crippen LogP contribution in [0.2, 0.25) is 10.0 Å². The summed E-state index contributed by atoms with van der Waals surface area (Å²) in [5.41, 5.74) is 7.07. The number of nitrogens with two attached hydrogens (primary N) is 1.